The zero-order chi connectivity index (χ0) is 25.4. The van der Waals surface area contributed by atoms with E-state index < -0.39 is 29.6 Å². The second-order valence-corrected chi connectivity index (χ2v) is 9.42. The van der Waals surface area contributed by atoms with Crippen LogP contribution in [0.2, 0.25) is 0 Å². The SMILES string of the molecule is O=C(Nc1ccc2c(cnn2C(=O)O)n1)[C@H]1C[C@@H](F)CN1C(=O)C1(c2ccc(O)cc2)CCCCC1. The second kappa shape index (κ2) is 9.21. The van der Waals surface area contributed by atoms with Crippen molar-refractivity contribution in [2.24, 2.45) is 0 Å². The molecule has 2 fully saturated rings. The summed E-state index contributed by atoms with van der Waals surface area (Å²) in [6.45, 7) is -0.172. The lowest BCUT2D eigenvalue weighted by atomic mass is 9.68. The van der Waals surface area contributed by atoms with Gasteiger partial charge in [-0.1, -0.05) is 31.4 Å². The van der Waals surface area contributed by atoms with Gasteiger partial charge in [0.2, 0.25) is 11.8 Å². The Morgan fingerprint density at radius 2 is 1.78 bits per heavy atom. The molecule has 3 N–H and O–H groups in total. The normalized spacial score (nSPS) is 21.4. The van der Waals surface area contributed by atoms with E-state index in [1.165, 1.54) is 23.2 Å². The lowest BCUT2D eigenvalue weighted by Gasteiger charge is -2.40. The molecule has 0 radical (unpaired) electrons. The van der Waals surface area contributed by atoms with E-state index in [1.54, 1.807) is 24.3 Å². The topological polar surface area (TPSA) is 138 Å². The molecular formula is C25H26FN5O5. The molecule has 2 aliphatic rings. The minimum atomic E-state index is -1.34. The number of aromatic nitrogens is 3. The molecule has 2 amide bonds. The van der Waals surface area contributed by atoms with E-state index in [2.05, 4.69) is 15.4 Å². The van der Waals surface area contributed by atoms with Crippen LogP contribution in [0.1, 0.15) is 44.1 Å². The maximum atomic E-state index is 14.6. The number of aromatic hydroxyl groups is 1. The van der Waals surface area contributed by atoms with Gasteiger partial charge >= 0.3 is 6.09 Å². The number of hydrogen-bond donors (Lipinski definition) is 3. The van der Waals surface area contributed by atoms with Crippen LogP contribution in [0, 0.1) is 0 Å². The molecule has 2 atom stereocenters. The van der Waals surface area contributed by atoms with E-state index in [0.29, 0.717) is 12.8 Å². The third kappa shape index (κ3) is 4.14. The second-order valence-electron chi connectivity index (χ2n) is 9.42. The Morgan fingerprint density at radius 3 is 2.47 bits per heavy atom. The van der Waals surface area contributed by atoms with Crippen LogP contribution in [0.25, 0.3) is 11.0 Å². The van der Waals surface area contributed by atoms with Crippen LogP contribution < -0.4 is 5.32 Å². The standard InChI is InChI=1S/C25H26FN5O5/c26-16-12-20(22(33)29-21-9-8-19-18(28-21)13-27-31(19)24(35)36)30(14-16)23(34)25(10-2-1-3-11-25)15-4-6-17(32)7-5-15/h4-9,13,16,20,32H,1-3,10-12,14H2,(H,35,36)(H,28,29,33)/t16-,20-/m1/s1. The van der Waals surface area contributed by atoms with Crippen LogP contribution in [0.3, 0.4) is 0 Å². The quantitative estimate of drug-likeness (QED) is 0.504. The molecule has 11 heteroatoms. The number of phenolic OH excluding ortho intramolecular Hbond substituents is 1. The number of nitrogens with one attached hydrogen (secondary N) is 1. The first-order valence-corrected chi connectivity index (χ1v) is 11.9. The van der Waals surface area contributed by atoms with Crippen molar-refractivity contribution in [1.29, 1.82) is 0 Å². The van der Waals surface area contributed by atoms with Crippen LogP contribution in [0.4, 0.5) is 15.0 Å². The zero-order valence-electron chi connectivity index (χ0n) is 19.4. The van der Waals surface area contributed by atoms with Gasteiger partial charge in [0.05, 0.1) is 23.7 Å². The molecule has 2 aromatic heterocycles. The summed E-state index contributed by atoms with van der Waals surface area (Å²) in [6.07, 6.45) is 2.39. The third-order valence-electron chi connectivity index (χ3n) is 7.21. The summed E-state index contributed by atoms with van der Waals surface area (Å²) in [5.74, 6) is -0.590. The maximum absolute atomic E-state index is 14.6. The van der Waals surface area contributed by atoms with Crippen LogP contribution in [0.5, 0.6) is 5.75 Å². The highest BCUT2D eigenvalue weighted by molar-refractivity contribution is 5.99. The van der Waals surface area contributed by atoms with Crippen LogP contribution >= 0.6 is 0 Å². The molecule has 1 aliphatic carbocycles. The van der Waals surface area contributed by atoms with Gasteiger partial charge in [0.1, 0.15) is 29.3 Å². The van der Waals surface area contributed by atoms with Gasteiger partial charge < -0.3 is 20.4 Å². The van der Waals surface area contributed by atoms with E-state index >= 15 is 0 Å². The summed E-state index contributed by atoms with van der Waals surface area (Å²) in [7, 11) is 0. The smallest absolute Gasteiger partial charge is 0.432 e. The number of alkyl halides is 1. The molecule has 10 nitrogen and oxygen atoms in total. The summed E-state index contributed by atoms with van der Waals surface area (Å²) in [4.78, 5) is 44.1. The number of likely N-dealkylation sites (tertiary alicyclic amines) is 1. The number of pyridine rings is 1. The monoisotopic (exact) mass is 495 g/mol. The predicted octanol–water partition coefficient (Wildman–Crippen LogP) is 3.44. The Kier molecular flexibility index (Phi) is 6.07. The zero-order valence-corrected chi connectivity index (χ0v) is 19.4. The van der Waals surface area contributed by atoms with Gasteiger partial charge in [-0.2, -0.15) is 9.78 Å². The largest absolute Gasteiger partial charge is 0.508 e. The average Bonchev–Trinajstić information content (AvgIpc) is 3.48. The first-order chi connectivity index (χ1) is 17.3. The number of carboxylic acid groups (broad SMARTS) is 1. The first kappa shape index (κ1) is 23.7. The number of halogens is 1. The minimum Gasteiger partial charge on any atom is -0.508 e. The van der Waals surface area contributed by atoms with Gasteiger partial charge in [-0.05, 0) is 42.7 Å². The number of benzene rings is 1. The summed E-state index contributed by atoms with van der Waals surface area (Å²) in [6, 6.07) is 8.44. The predicted molar refractivity (Wildman–Crippen MR) is 127 cm³/mol. The van der Waals surface area contributed by atoms with Crippen molar-refractivity contribution in [3.8, 4) is 5.75 Å². The number of anilines is 1. The van der Waals surface area contributed by atoms with Gasteiger partial charge in [-0.25, -0.2) is 14.2 Å². The molecular weight excluding hydrogens is 469 g/mol. The number of carbonyl (C=O) groups is 3. The fraction of sp³-hybridized carbons (Fsp3) is 0.400. The van der Waals surface area contributed by atoms with E-state index in [4.69, 9.17) is 0 Å². The van der Waals surface area contributed by atoms with Crippen LogP contribution in [0.15, 0.2) is 42.6 Å². The molecule has 0 bridgehead atoms. The van der Waals surface area contributed by atoms with Crippen molar-refractivity contribution in [3.63, 3.8) is 0 Å². The Labute approximate surface area is 205 Å². The fourth-order valence-electron chi connectivity index (χ4n) is 5.44. The molecule has 1 saturated carbocycles. The van der Waals surface area contributed by atoms with E-state index in [-0.39, 0.29) is 41.5 Å². The van der Waals surface area contributed by atoms with Gasteiger partial charge in [0, 0.05) is 6.42 Å². The molecule has 36 heavy (non-hydrogen) atoms. The number of phenols is 1. The van der Waals surface area contributed by atoms with Crippen molar-refractivity contribution in [3.05, 3.63) is 48.2 Å². The Bertz CT molecular complexity index is 1320. The molecule has 1 saturated heterocycles. The van der Waals surface area contributed by atoms with Gasteiger partial charge in [0.15, 0.2) is 0 Å². The summed E-state index contributed by atoms with van der Waals surface area (Å²) < 4.78 is 15.4. The van der Waals surface area contributed by atoms with Crippen LogP contribution in [-0.4, -0.2) is 66.5 Å². The highest BCUT2D eigenvalue weighted by atomic mass is 19.1. The lowest BCUT2D eigenvalue weighted by molar-refractivity contribution is -0.143. The van der Waals surface area contributed by atoms with E-state index in [0.717, 1.165) is 29.5 Å². The molecule has 3 heterocycles. The highest BCUT2D eigenvalue weighted by Gasteiger charge is 2.49. The minimum absolute atomic E-state index is 0.0952. The number of fused-ring (bicyclic) bond motifs is 1. The van der Waals surface area contributed by atoms with Crippen molar-refractivity contribution < 1.29 is 29.0 Å². The fourth-order valence-corrected chi connectivity index (χ4v) is 5.44. The number of amides is 2. The number of rotatable bonds is 4. The third-order valence-corrected chi connectivity index (χ3v) is 7.21. The van der Waals surface area contributed by atoms with Gasteiger partial charge in [-0.15, -0.1) is 0 Å². The average molecular weight is 496 g/mol. The molecule has 0 spiro atoms. The lowest BCUT2D eigenvalue weighted by Crippen LogP contribution is -2.52. The van der Waals surface area contributed by atoms with Crippen molar-refractivity contribution in [2.45, 2.75) is 56.2 Å². The van der Waals surface area contributed by atoms with E-state index in [9.17, 15) is 29.0 Å². The van der Waals surface area contributed by atoms with Crippen molar-refractivity contribution in [2.75, 3.05) is 11.9 Å². The highest BCUT2D eigenvalue weighted by Crippen LogP contribution is 2.43. The molecule has 3 aromatic rings. The maximum Gasteiger partial charge on any atom is 0.432 e. The molecule has 1 aromatic carbocycles. The molecule has 188 valence electrons. The van der Waals surface area contributed by atoms with Gasteiger partial charge in [0.25, 0.3) is 0 Å². The summed E-state index contributed by atoms with van der Waals surface area (Å²) in [5, 5.41) is 25.3. The number of nitrogens with zero attached hydrogens (tertiary/aromatic N) is 4. The summed E-state index contributed by atoms with van der Waals surface area (Å²) in [5.41, 5.74) is 0.410. The Morgan fingerprint density at radius 1 is 1.06 bits per heavy atom. The summed E-state index contributed by atoms with van der Waals surface area (Å²) >= 11 is 0. The van der Waals surface area contributed by atoms with Gasteiger partial charge in [-0.3, -0.25) is 9.59 Å². The number of hydrogen-bond acceptors (Lipinski definition) is 6. The number of carbonyl (C=O) groups excluding carboxylic acids is 2. The molecule has 5 rings (SSSR count). The molecule has 0 unspecified atom stereocenters. The van der Waals surface area contributed by atoms with Crippen LogP contribution in [-0.2, 0) is 15.0 Å². The van der Waals surface area contributed by atoms with Crippen molar-refractivity contribution >= 4 is 34.8 Å². The Hall–Kier alpha value is -4.02. The molecule has 1 aliphatic heterocycles. The Balaban J connectivity index is 1.41. The van der Waals surface area contributed by atoms with Crippen molar-refractivity contribution in [1.82, 2.24) is 19.7 Å². The first-order valence-electron chi connectivity index (χ1n) is 11.9. The van der Waals surface area contributed by atoms with E-state index in [1.807, 2.05) is 0 Å².